The molecule has 10 heteroatoms. The Morgan fingerprint density at radius 2 is 1.79 bits per heavy atom. The minimum Gasteiger partial charge on any atom is -0.321 e. The number of anilines is 1. The molecule has 0 aliphatic rings. The van der Waals surface area contributed by atoms with Gasteiger partial charge in [0.25, 0.3) is 5.91 Å². The van der Waals surface area contributed by atoms with Gasteiger partial charge in [0.1, 0.15) is 0 Å². The van der Waals surface area contributed by atoms with E-state index < -0.39 is 15.9 Å². The Labute approximate surface area is 167 Å². The van der Waals surface area contributed by atoms with E-state index in [1.165, 1.54) is 24.3 Å². The molecule has 8 nitrogen and oxygen atoms in total. The van der Waals surface area contributed by atoms with Gasteiger partial charge < -0.3 is 5.32 Å². The van der Waals surface area contributed by atoms with E-state index in [0.717, 1.165) is 12.1 Å². The normalized spacial score (nSPS) is 11.4. The summed E-state index contributed by atoms with van der Waals surface area (Å²) in [5.74, 6) is -0.438. The van der Waals surface area contributed by atoms with Gasteiger partial charge in [0, 0.05) is 10.7 Å². The lowest BCUT2D eigenvalue weighted by molar-refractivity contribution is 0.102. The molecule has 146 valence electrons. The molecule has 1 aromatic heterocycles. The molecule has 0 radical (unpaired) electrons. The van der Waals surface area contributed by atoms with Gasteiger partial charge in [-0.1, -0.05) is 30.2 Å². The highest BCUT2D eigenvalue weighted by atomic mass is 35.5. The predicted molar refractivity (Wildman–Crippen MR) is 106 cm³/mol. The molecule has 0 bridgehead atoms. The van der Waals surface area contributed by atoms with Gasteiger partial charge in [-0.2, -0.15) is 0 Å². The molecule has 28 heavy (non-hydrogen) atoms. The molecule has 3 aromatic rings. The molecule has 0 saturated heterocycles. The van der Waals surface area contributed by atoms with E-state index in [2.05, 4.69) is 15.6 Å². The number of benzene rings is 2. The molecule has 1 amide bonds. The number of aromatic nitrogens is 3. The van der Waals surface area contributed by atoms with E-state index in [4.69, 9.17) is 16.7 Å². The lowest BCUT2D eigenvalue weighted by atomic mass is 10.2. The fourth-order valence-corrected chi connectivity index (χ4v) is 3.29. The molecule has 0 unspecified atom stereocenters. The first-order valence-electron chi connectivity index (χ1n) is 8.44. The van der Waals surface area contributed by atoms with Crippen LogP contribution < -0.4 is 10.5 Å². The Bertz CT molecular complexity index is 1090. The van der Waals surface area contributed by atoms with Gasteiger partial charge >= 0.3 is 0 Å². The van der Waals surface area contributed by atoms with Gasteiger partial charge in [-0.05, 0) is 55.0 Å². The number of amides is 1. The Morgan fingerprint density at radius 3 is 2.36 bits per heavy atom. The molecule has 0 aliphatic heterocycles. The van der Waals surface area contributed by atoms with Crippen molar-refractivity contribution in [3.8, 4) is 5.69 Å². The predicted octanol–water partition coefficient (Wildman–Crippen LogP) is 2.77. The Kier molecular flexibility index (Phi) is 5.78. The third-order valence-electron chi connectivity index (χ3n) is 3.98. The van der Waals surface area contributed by atoms with Crippen LogP contribution in [-0.2, 0) is 16.4 Å². The summed E-state index contributed by atoms with van der Waals surface area (Å²) in [6, 6.07) is 12.6. The van der Waals surface area contributed by atoms with Crippen molar-refractivity contribution in [2.24, 2.45) is 5.14 Å². The second-order valence-electron chi connectivity index (χ2n) is 6.05. The van der Waals surface area contributed by atoms with Gasteiger partial charge in [0.05, 0.1) is 16.3 Å². The summed E-state index contributed by atoms with van der Waals surface area (Å²) in [4.78, 5) is 12.7. The Balaban J connectivity index is 1.88. The molecule has 2 aromatic carbocycles. The van der Waals surface area contributed by atoms with Crippen molar-refractivity contribution in [3.63, 3.8) is 0 Å². The van der Waals surface area contributed by atoms with Crippen molar-refractivity contribution >= 4 is 33.2 Å². The first-order chi connectivity index (χ1) is 13.3. The van der Waals surface area contributed by atoms with E-state index in [1.54, 1.807) is 28.9 Å². The van der Waals surface area contributed by atoms with Crippen LogP contribution in [0.3, 0.4) is 0 Å². The van der Waals surface area contributed by atoms with Crippen molar-refractivity contribution in [2.45, 2.75) is 24.7 Å². The number of primary sulfonamides is 1. The van der Waals surface area contributed by atoms with Crippen molar-refractivity contribution < 1.29 is 13.2 Å². The number of nitrogens with two attached hydrogens (primary N) is 1. The number of carbonyl (C=O) groups is 1. The van der Waals surface area contributed by atoms with Crippen molar-refractivity contribution in [2.75, 3.05) is 5.32 Å². The highest BCUT2D eigenvalue weighted by Crippen LogP contribution is 2.19. The second-order valence-corrected chi connectivity index (χ2v) is 8.04. The van der Waals surface area contributed by atoms with Gasteiger partial charge in [-0.3, -0.25) is 4.79 Å². The third kappa shape index (κ3) is 4.38. The van der Waals surface area contributed by atoms with Crippen LogP contribution >= 0.6 is 11.6 Å². The topological polar surface area (TPSA) is 120 Å². The maximum Gasteiger partial charge on any atom is 0.278 e. The first-order valence-corrected chi connectivity index (χ1v) is 10.4. The maximum atomic E-state index is 12.7. The monoisotopic (exact) mass is 419 g/mol. The first kappa shape index (κ1) is 20.0. The number of hydrogen-bond acceptors (Lipinski definition) is 5. The van der Waals surface area contributed by atoms with Gasteiger partial charge in [-0.25, -0.2) is 18.2 Å². The highest BCUT2D eigenvalue weighted by Gasteiger charge is 2.20. The van der Waals surface area contributed by atoms with Gasteiger partial charge in [0.2, 0.25) is 10.0 Å². The van der Waals surface area contributed by atoms with Crippen molar-refractivity contribution in [1.82, 2.24) is 15.0 Å². The van der Waals surface area contributed by atoms with Gasteiger partial charge in [0.15, 0.2) is 5.69 Å². The summed E-state index contributed by atoms with van der Waals surface area (Å²) in [7, 11) is -3.79. The van der Waals surface area contributed by atoms with Crippen molar-refractivity contribution in [3.05, 3.63) is 64.9 Å². The number of sulfonamides is 1. The van der Waals surface area contributed by atoms with E-state index in [-0.39, 0.29) is 10.6 Å². The smallest absolute Gasteiger partial charge is 0.278 e. The lowest BCUT2D eigenvalue weighted by Gasteiger charge is -2.08. The third-order valence-corrected chi connectivity index (χ3v) is 5.16. The number of halogens is 1. The Morgan fingerprint density at radius 1 is 1.14 bits per heavy atom. The van der Waals surface area contributed by atoms with Crippen LogP contribution in [0, 0.1) is 0 Å². The van der Waals surface area contributed by atoms with E-state index in [0.29, 0.717) is 22.8 Å². The number of carbonyl (C=O) groups excluding carboxylic acids is 1. The summed E-state index contributed by atoms with van der Waals surface area (Å²) in [5, 5.41) is 16.5. The zero-order chi connectivity index (χ0) is 20.3. The lowest BCUT2D eigenvalue weighted by Crippen LogP contribution is -2.16. The molecular weight excluding hydrogens is 402 g/mol. The molecule has 0 fully saturated rings. The van der Waals surface area contributed by atoms with Crippen LogP contribution in [0.25, 0.3) is 5.69 Å². The molecule has 3 rings (SSSR count). The summed E-state index contributed by atoms with van der Waals surface area (Å²) in [6.07, 6.45) is 1.40. The fraction of sp³-hybridized carbons (Fsp3) is 0.167. The Hall–Kier alpha value is -2.75. The van der Waals surface area contributed by atoms with Crippen LogP contribution in [0.15, 0.2) is 53.4 Å². The molecular formula is C18H18ClN5O3S. The molecule has 1 heterocycles. The second kappa shape index (κ2) is 8.09. The quantitative estimate of drug-likeness (QED) is 0.636. The zero-order valence-corrected chi connectivity index (χ0v) is 16.5. The van der Waals surface area contributed by atoms with Crippen LogP contribution in [0.2, 0.25) is 5.02 Å². The molecule has 0 spiro atoms. The average molecular weight is 420 g/mol. The molecule has 0 atom stereocenters. The summed E-state index contributed by atoms with van der Waals surface area (Å²) < 4.78 is 24.3. The van der Waals surface area contributed by atoms with Crippen LogP contribution in [0.5, 0.6) is 0 Å². The van der Waals surface area contributed by atoms with E-state index >= 15 is 0 Å². The summed E-state index contributed by atoms with van der Waals surface area (Å²) >= 11 is 5.93. The minimum absolute atomic E-state index is 0.0362. The zero-order valence-electron chi connectivity index (χ0n) is 15.0. The summed E-state index contributed by atoms with van der Waals surface area (Å²) in [5.41, 5.74) is 2.04. The van der Waals surface area contributed by atoms with Gasteiger partial charge in [-0.15, -0.1) is 5.10 Å². The number of rotatable bonds is 6. The number of nitrogens with zero attached hydrogens (tertiary/aromatic N) is 3. The number of nitrogens with one attached hydrogen (secondary N) is 1. The maximum absolute atomic E-state index is 12.7. The molecule has 0 saturated carbocycles. The van der Waals surface area contributed by atoms with E-state index in [9.17, 15) is 13.2 Å². The molecule has 0 aliphatic carbocycles. The van der Waals surface area contributed by atoms with Crippen LogP contribution in [0.1, 0.15) is 29.5 Å². The van der Waals surface area contributed by atoms with Crippen molar-refractivity contribution in [1.29, 1.82) is 0 Å². The minimum atomic E-state index is -3.79. The molecule has 3 N–H and O–H groups in total. The highest BCUT2D eigenvalue weighted by molar-refractivity contribution is 7.89. The number of hydrogen-bond donors (Lipinski definition) is 2. The SMILES string of the molecule is CCCc1c(C(=O)Nc2ccc(S(N)(=O)=O)cc2)nnn1-c1ccc(Cl)cc1. The average Bonchev–Trinajstić information content (AvgIpc) is 3.06. The fourth-order valence-electron chi connectivity index (χ4n) is 2.65. The standard InChI is InChI=1S/C18H18ClN5O3S/c1-2-3-16-17(22-23-24(16)14-8-4-12(19)5-9-14)18(25)21-13-6-10-15(11-7-13)28(20,26)27/h4-11H,2-3H2,1H3,(H,21,25)(H2,20,26,27). The van der Waals surface area contributed by atoms with Crippen LogP contribution in [-0.4, -0.2) is 29.3 Å². The van der Waals surface area contributed by atoms with Crippen LogP contribution in [0.4, 0.5) is 5.69 Å². The largest absolute Gasteiger partial charge is 0.321 e. The van der Waals surface area contributed by atoms with E-state index in [1.807, 2.05) is 6.92 Å². The summed E-state index contributed by atoms with van der Waals surface area (Å²) in [6.45, 7) is 1.99.